The molecule has 0 fully saturated rings. The first-order valence-electron chi connectivity index (χ1n) is 7.56. The van der Waals surface area contributed by atoms with Crippen LogP contribution in [0.15, 0.2) is 52.8 Å². The lowest BCUT2D eigenvalue weighted by atomic mass is 10.2. The van der Waals surface area contributed by atoms with Gasteiger partial charge in [0.2, 0.25) is 11.7 Å². The molecule has 4 rings (SSSR count). The second kappa shape index (κ2) is 6.01. The summed E-state index contributed by atoms with van der Waals surface area (Å²) in [6, 6.07) is 7.59. The molecule has 6 nitrogen and oxygen atoms in total. The lowest BCUT2D eigenvalue weighted by Gasteiger charge is -2.12. The number of thiophene rings is 1. The Hall–Kier alpha value is -2.80. The lowest BCUT2D eigenvalue weighted by molar-refractivity contribution is 0.346. The molecule has 0 saturated heterocycles. The maximum Gasteiger partial charge on any atom is 0.249 e. The number of hydrogen-bond acceptors (Lipinski definition) is 6. The van der Waals surface area contributed by atoms with Crippen molar-refractivity contribution in [1.29, 1.82) is 0 Å². The highest BCUT2D eigenvalue weighted by molar-refractivity contribution is 7.13. The van der Waals surface area contributed by atoms with Gasteiger partial charge >= 0.3 is 0 Å². The SMILES string of the molecule is Cc1ccsc1-c1nccn1[C@H](C)c1nc(-c2ccccn2)no1. The normalized spacial score (nSPS) is 12.4. The van der Waals surface area contributed by atoms with Gasteiger partial charge in [-0.1, -0.05) is 11.2 Å². The van der Waals surface area contributed by atoms with Crippen LogP contribution in [0.1, 0.15) is 24.4 Å². The molecule has 0 saturated carbocycles. The second-order valence-electron chi connectivity index (χ2n) is 5.44. The van der Waals surface area contributed by atoms with E-state index in [4.69, 9.17) is 4.52 Å². The molecular formula is C17H15N5OS. The summed E-state index contributed by atoms with van der Waals surface area (Å²) in [5.41, 5.74) is 1.90. The summed E-state index contributed by atoms with van der Waals surface area (Å²) in [6.07, 6.45) is 5.44. The molecule has 0 spiro atoms. The Balaban J connectivity index is 1.69. The number of rotatable bonds is 4. The van der Waals surface area contributed by atoms with Crippen molar-refractivity contribution >= 4 is 11.3 Å². The van der Waals surface area contributed by atoms with E-state index in [1.165, 1.54) is 5.56 Å². The fraction of sp³-hybridized carbons (Fsp3) is 0.176. The largest absolute Gasteiger partial charge is 0.337 e. The van der Waals surface area contributed by atoms with Crippen LogP contribution in [0.2, 0.25) is 0 Å². The molecule has 0 aliphatic rings. The molecule has 4 aromatic heterocycles. The monoisotopic (exact) mass is 337 g/mol. The fourth-order valence-corrected chi connectivity index (χ4v) is 3.45. The molecule has 0 bridgehead atoms. The molecule has 0 aromatic carbocycles. The van der Waals surface area contributed by atoms with E-state index in [2.05, 4.69) is 43.0 Å². The van der Waals surface area contributed by atoms with Crippen molar-refractivity contribution in [2.75, 3.05) is 0 Å². The number of aryl methyl sites for hydroxylation is 1. The van der Waals surface area contributed by atoms with Gasteiger partial charge in [-0.3, -0.25) is 4.98 Å². The molecule has 7 heteroatoms. The van der Waals surface area contributed by atoms with Gasteiger partial charge in [-0.2, -0.15) is 4.98 Å². The second-order valence-corrected chi connectivity index (χ2v) is 6.35. The minimum atomic E-state index is -0.117. The van der Waals surface area contributed by atoms with Crippen LogP contribution in [0.4, 0.5) is 0 Å². The van der Waals surface area contributed by atoms with Crippen LogP contribution in [-0.2, 0) is 0 Å². The predicted molar refractivity (Wildman–Crippen MR) is 91.6 cm³/mol. The standard InChI is InChI=1S/C17H15N5OS/c1-11-6-10-24-14(11)16-19-8-9-22(16)12(2)17-20-15(21-23-17)13-5-3-4-7-18-13/h3-10,12H,1-2H3/t12-/m1/s1. The Bertz CT molecular complexity index is 956. The molecule has 4 heterocycles. The summed E-state index contributed by atoms with van der Waals surface area (Å²) >= 11 is 1.68. The van der Waals surface area contributed by atoms with Crippen molar-refractivity contribution in [2.24, 2.45) is 0 Å². The van der Waals surface area contributed by atoms with E-state index in [1.54, 1.807) is 23.7 Å². The summed E-state index contributed by atoms with van der Waals surface area (Å²) in [5.74, 6) is 1.93. The highest BCUT2D eigenvalue weighted by Gasteiger charge is 2.21. The smallest absolute Gasteiger partial charge is 0.249 e. The third-order valence-electron chi connectivity index (χ3n) is 3.84. The molecule has 0 aliphatic heterocycles. The van der Waals surface area contributed by atoms with Gasteiger partial charge in [0.15, 0.2) is 5.82 Å². The van der Waals surface area contributed by atoms with Crippen molar-refractivity contribution < 1.29 is 4.52 Å². The van der Waals surface area contributed by atoms with Gasteiger partial charge in [-0.25, -0.2) is 4.98 Å². The number of imidazole rings is 1. The van der Waals surface area contributed by atoms with Gasteiger partial charge in [-0.15, -0.1) is 11.3 Å². The highest BCUT2D eigenvalue weighted by atomic mass is 32.1. The van der Waals surface area contributed by atoms with Crippen molar-refractivity contribution in [1.82, 2.24) is 24.7 Å². The van der Waals surface area contributed by atoms with Gasteiger partial charge in [0.1, 0.15) is 11.7 Å². The first kappa shape index (κ1) is 14.8. The molecule has 0 unspecified atom stereocenters. The van der Waals surface area contributed by atoms with E-state index >= 15 is 0 Å². The van der Waals surface area contributed by atoms with Crippen LogP contribution >= 0.6 is 11.3 Å². The van der Waals surface area contributed by atoms with E-state index in [9.17, 15) is 0 Å². The van der Waals surface area contributed by atoms with Crippen LogP contribution in [0.25, 0.3) is 22.2 Å². The summed E-state index contributed by atoms with van der Waals surface area (Å²) in [5, 5.41) is 6.12. The Kier molecular flexibility index (Phi) is 3.70. The maximum atomic E-state index is 5.46. The average Bonchev–Trinajstić information content (AvgIpc) is 3.35. The van der Waals surface area contributed by atoms with E-state index in [0.717, 1.165) is 10.7 Å². The Morgan fingerprint density at radius 2 is 2.08 bits per heavy atom. The van der Waals surface area contributed by atoms with Gasteiger partial charge in [0.05, 0.1) is 4.88 Å². The molecule has 0 aliphatic carbocycles. The van der Waals surface area contributed by atoms with Crippen LogP contribution in [0.5, 0.6) is 0 Å². The Labute approximate surface area is 142 Å². The molecule has 24 heavy (non-hydrogen) atoms. The third-order valence-corrected chi connectivity index (χ3v) is 4.86. The van der Waals surface area contributed by atoms with Gasteiger partial charge < -0.3 is 9.09 Å². The van der Waals surface area contributed by atoms with Crippen molar-refractivity contribution in [3.05, 3.63) is 59.7 Å². The number of nitrogens with zero attached hydrogens (tertiary/aromatic N) is 5. The van der Waals surface area contributed by atoms with Crippen LogP contribution < -0.4 is 0 Å². The number of pyridine rings is 1. The molecule has 4 aromatic rings. The summed E-state index contributed by atoms with van der Waals surface area (Å²) in [4.78, 5) is 14.4. The lowest BCUT2D eigenvalue weighted by Crippen LogP contribution is -2.08. The van der Waals surface area contributed by atoms with Gasteiger partial charge in [0.25, 0.3) is 0 Å². The molecule has 0 radical (unpaired) electrons. The zero-order chi connectivity index (χ0) is 16.5. The van der Waals surface area contributed by atoms with Crippen molar-refractivity contribution in [2.45, 2.75) is 19.9 Å². The Morgan fingerprint density at radius 3 is 2.83 bits per heavy atom. The summed E-state index contributed by atoms with van der Waals surface area (Å²) in [7, 11) is 0. The minimum absolute atomic E-state index is 0.117. The van der Waals surface area contributed by atoms with Crippen LogP contribution in [-0.4, -0.2) is 24.7 Å². The highest BCUT2D eigenvalue weighted by Crippen LogP contribution is 2.31. The maximum absolute atomic E-state index is 5.46. The molecular weight excluding hydrogens is 322 g/mol. The molecule has 0 amide bonds. The average molecular weight is 337 g/mol. The fourth-order valence-electron chi connectivity index (χ4n) is 2.53. The minimum Gasteiger partial charge on any atom is -0.337 e. The zero-order valence-corrected chi connectivity index (χ0v) is 14.1. The first-order valence-corrected chi connectivity index (χ1v) is 8.44. The first-order chi connectivity index (χ1) is 11.7. The molecule has 0 N–H and O–H groups in total. The number of hydrogen-bond donors (Lipinski definition) is 0. The third kappa shape index (κ3) is 2.52. The quantitative estimate of drug-likeness (QED) is 0.563. The van der Waals surface area contributed by atoms with Crippen molar-refractivity contribution in [3.8, 4) is 22.2 Å². The van der Waals surface area contributed by atoms with Crippen LogP contribution in [0.3, 0.4) is 0 Å². The van der Waals surface area contributed by atoms with Gasteiger partial charge in [-0.05, 0) is 43.0 Å². The number of aromatic nitrogens is 5. The van der Waals surface area contributed by atoms with E-state index in [-0.39, 0.29) is 6.04 Å². The summed E-state index contributed by atoms with van der Waals surface area (Å²) in [6.45, 7) is 4.10. The van der Waals surface area contributed by atoms with Gasteiger partial charge in [0, 0.05) is 18.6 Å². The summed E-state index contributed by atoms with van der Waals surface area (Å²) < 4.78 is 7.51. The zero-order valence-electron chi connectivity index (χ0n) is 13.2. The van der Waals surface area contributed by atoms with E-state index < -0.39 is 0 Å². The Morgan fingerprint density at radius 1 is 1.17 bits per heavy atom. The van der Waals surface area contributed by atoms with Crippen molar-refractivity contribution in [3.63, 3.8) is 0 Å². The molecule has 1 atom stereocenters. The molecule has 120 valence electrons. The predicted octanol–water partition coefficient (Wildman–Crippen LogP) is 3.97. The van der Waals surface area contributed by atoms with E-state index in [1.807, 2.05) is 31.3 Å². The van der Waals surface area contributed by atoms with Crippen LogP contribution in [0, 0.1) is 6.92 Å². The van der Waals surface area contributed by atoms with E-state index in [0.29, 0.717) is 17.4 Å². The topological polar surface area (TPSA) is 69.6 Å².